The van der Waals surface area contributed by atoms with Crippen LogP contribution in [0.25, 0.3) is 0 Å². The maximum Gasteiger partial charge on any atom is 0.0255 e. The van der Waals surface area contributed by atoms with Gasteiger partial charge in [-0.15, -0.1) is 0 Å². The summed E-state index contributed by atoms with van der Waals surface area (Å²) in [5.41, 5.74) is 1.58. The summed E-state index contributed by atoms with van der Waals surface area (Å²) in [5.74, 6) is 0. The molecule has 0 amide bonds. The first-order chi connectivity index (χ1) is 4.34. The Bertz CT molecular complexity index is 149. The maximum absolute atomic E-state index is 3.54. The first-order valence-electron chi connectivity index (χ1n) is 3.78. The molecule has 0 saturated carbocycles. The summed E-state index contributed by atoms with van der Waals surface area (Å²) < 4.78 is 0. The largest absolute Gasteiger partial charge is 0.307 e. The van der Waals surface area contributed by atoms with Gasteiger partial charge in [-0.05, 0) is 26.2 Å². The van der Waals surface area contributed by atoms with Crippen molar-refractivity contribution in [1.29, 1.82) is 0 Å². The SMILES string of the molecule is CC1=CC2CC[C@H](C1)N2. The van der Waals surface area contributed by atoms with E-state index in [2.05, 4.69) is 18.3 Å². The predicted octanol–water partition coefficient (Wildman–Crippen LogP) is 1.46. The Morgan fingerprint density at radius 2 is 2.44 bits per heavy atom. The van der Waals surface area contributed by atoms with E-state index < -0.39 is 0 Å². The molecule has 1 heteroatoms. The van der Waals surface area contributed by atoms with Crippen molar-refractivity contribution in [3.63, 3.8) is 0 Å². The third-order valence-electron chi connectivity index (χ3n) is 2.33. The van der Waals surface area contributed by atoms with Gasteiger partial charge in [0.2, 0.25) is 0 Å². The normalized spacial score (nSPS) is 40.8. The highest BCUT2D eigenvalue weighted by molar-refractivity contribution is 5.14. The van der Waals surface area contributed by atoms with Crippen LogP contribution in [0.2, 0.25) is 0 Å². The van der Waals surface area contributed by atoms with Gasteiger partial charge in [-0.1, -0.05) is 11.6 Å². The van der Waals surface area contributed by atoms with Crippen LogP contribution in [0.4, 0.5) is 0 Å². The average molecular weight is 123 g/mol. The van der Waals surface area contributed by atoms with Gasteiger partial charge in [-0.25, -0.2) is 0 Å². The molecule has 0 aromatic rings. The fourth-order valence-corrected chi connectivity index (χ4v) is 1.94. The van der Waals surface area contributed by atoms with Crippen molar-refractivity contribution in [3.05, 3.63) is 11.6 Å². The van der Waals surface area contributed by atoms with Gasteiger partial charge in [-0.3, -0.25) is 0 Å². The first kappa shape index (κ1) is 5.48. The predicted molar refractivity (Wildman–Crippen MR) is 38.3 cm³/mol. The Morgan fingerprint density at radius 3 is 3.22 bits per heavy atom. The Balaban J connectivity index is 2.19. The average Bonchev–Trinajstić information content (AvgIpc) is 2.11. The Labute approximate surface area is 56.1 Å². The van der Waals surface area contributed by atoms with Gasteiger partial charge in [0, 0.05) is 12.1 Å². The van der Waals surface area contributed by atoms with Crippen LogP contribution < -0.4 is 5.32 Å². The minimum absolute atomic E-state index is 0.726. The molecule has 2 aliphatic rings. The maximum atomic E-state index is 3.54. The third-order valence-corrected chi connectivity index (χ3v) is 2.33. The summed E-state index contributed by atoms with van der Waals surface area (Å²) in [5, 5.41) is 3.54. The summed E-state index contributed by atoms with van der Waals surface area (Å²) >= 11 is 0. The molecule has 0 spiro atoms. The van der Waals surface area contributed by atoms with E-state index in [-0.39, 0.29) is 0 Å². The molecule has 1 nitrogen and oxygen atoms in total. The van der Waals surface area contributed by atoms with E-state index in [0.29, 0.717) is 0 Å². The Kier molecular flexibility index (Phi) is 1.12. The zero-order valence-corrected chi connectivity index (χ0v) is 5.85. The van der Waals surface area contributed by atoms with E-state index in [4.69, 9.17) is 0 Å². The summed E-state index contributed by atoms with van der Waals surface area (Å²) in [4.78, 5) is 0. The van der Waals surface area contributed by atoms with Crippen LogP contribution in [0.1, 0.15) is 26.2 Å². The molecular weight excluding hydrogens is 110 g/mol. The van der Waals surface area contributed by atoms with Crippen LogP contribution in [0.3, 0.4) is 0 Å². The number of hydrogen-bond acceptors (Lipinski definition) is 1. The standard InChI is InChI=1S/C8H13N/c1-6-4-7-2-3-8(5-6)9-7/h4,7-9H,2-3,5H2,1H3/t7?,8-/m1/s1. The van der Waals surface area contributed by atoms with Gasteiger partial charge in [0.05, 0.1) is 0 Å². The fraction of sp³-hybridized carbons (Fsp3) is 0.750. The molecule has 2 aliphatic heterocycles. The van der Waals surface area contributed by atoms with E-state index in [9.17, 15) is 0 Å². The van der Waals surface area contributed by atoms with E-state index >= 15 is 0 Å². The van der Waals surface area contributed by atoms with Crippen molar-refractivity contribution in [2.75, 3.05) is 0 Å². The van der Waals surface area contributed by atoms with Crippen molar-refractivity contribution in [2.24, 2.45) is 0 Å². The molecule has 2 atom stereocenters. The number of rotatable bonds is 0. The zero-order chi connectivity index (χ0) is 6.27. The lowest BCUT2D eigenvalue weighted by atomic mass is 10.1. The van der Waals surface area contributed by atoms with E-state index in [1.54, 1.807) is 5.57 Å². The van der Waals surface area contributed by atoms with Crippen molar-refractivity contribution >= 4 is 0 Å². The molecule has 50 valence electrons. The number of fused-ring (bicyclic) bond motifs is 2. The minimum atomic E-state index is 0.726. The second kappa shape index (κ2) is 1.84. The van der Waals surface area contributed by atoms with Gasteiger partial charge in [-0.2, -0.15) is 0 Å². The molecule has 0 aromatic carbocycles. The molecule has 2 bridgehead atoms. The molecule has 0 aliphatic carbocycles. The lowest BCUT2D eigenvalue weighted by Crippen LogP contribution is -2.31. The first-order valence-corrected chi connectivity index (χ1v) is 3.78. The molecular formula is C8H13N. The van der Waals surface area contributed by atoms with Crippen LogP contribution in [0.5, 0.6) is 0 Å². The Hall–Kier alpha value is -0.300. The number of nitrogens with one attached hydrogen (secondary N) is 1. The minimum Gasteiger partial charge on any atom is -0.307 e. The molecule has 1 fully saturated rings. The molecule has 1 saturated heterocycles. The monoisotopic (exact) mass is 123 g/mol. The van der Waals surface area contributed by atoms with E-state index in [1.165, 1.54) is 19.3 Å². The van der Waals surface area contributed by atoms with Crippen LogP contribution in [-0.4, -0.2) is 12.1 Å². The highest BCUT2D eigenvalue weighted by atomic mass is 15.0. The lowest BCUT2D eigenvalue weighted by Gasteiger charge is -2.18. The molecule has 0 aromatic heterocycles. The van der Waals surface area contributed by atoms with Crippen molar-refractivity contribution in [2.45, 2.75) is 38.3 Å². The quantitative estimate of drug-likeness (QED) is 0.481. The zero-order valence-electron chi connectivity index (χ0n) is 5.85. The van der Waals surface area contributed by atoms with Crippen LogP contribution >= 0.6 is 0 Å². The van der Waals surface area contributed by atoms with Crippen molar-refractivity contribution in [1.82, 2.24) is 5.32 Å². The summed E-state index contributed by atoms with van der Waals surface area (Å²) in [7, 11) is 0. The van der Waals surface area contributed by atoms with Gasteiger partial charge in [0.1, 0.15) is 0 Å². The topological polar surface area (TPSA) is 12.0 Å². The molecule has 1 N–H and O–H groups in total. The molecule has 1 unspecified atom stereocenters. The van der Waals surface area contributed by atoms with Crippen LogP contribution in [-0.2, 0) is 0 Å². The number of hydrogen-bond donors (Lipinski definition) is 1. The third kappa shape index (κ3) is 0.897. The summed E-state index contributed by atoms with van der Waals surface area (Å²) in [6, 6.07) is 1.55. The van der Waals surface area contributed by atoms with Crippen molar-refractivity contribution < 1.29 is 0 Å². The van der Waals surface area contributed by atoms with Crippen LogP contribution in [0.15, 0.2) is 11.6 Å². The molecule has 2 rings (SSSR count). The molecule has 9 heavy (non-hydrogen) atoms. The summed E-state index contributed by atoms with van der Waals surface area (Å²) in [6.07, 6.45) is 6.42. The highest BCUT2D eigenvalue weighted by Crippen LogP contribution is 2.25. The molecule has 2 heterocycles. The van der Waals surface area contributed by atoms with E-state index in [1.807, 2.05) is 0 Å². The van der Waals surface area contributed by atoms with Crippen molar-refractivity contribution in [3.8, 4) is 0 Å². The fourth-order valence-electron chi connectivity index (χ4n) is 1.94. The summed E-state index contributed by atoms with van der Waals surface area (Å²) in [6.45, 7) is 2.24. The van der Waals surface area contributed by atoms with Gasteiger partial charge in [0.15, 0.2) is 0 Å². The second-order valence-corrected chi connectivity index (χ2v) is 3.26. The second-order valence-electron chi connectivity index (χ2n) is 3.26. The molecule has 0 radical (unpaired) electrons. The van der Waals surface area contributed by atoms with E-state index in [0.717, 1.165) is 12.1 Å². The lowest BCUT2D eigenvalue weighted by molar-refractivity contribution is 0.549. The van der Waals surface area contributed by atoms with Crippen LogP contribution in [0, 0.1) is 0 Å². The Morgan fingerprint density at radius 1 is 1.56 bits per heavy atom. The smallest absolute Gasteiger partial charge is 0.0255 e. The highest BCUT2D eigenvalue weighted by Gasteiger charge is 2.25. The van der Waals surface area contributed by atoms with Gasteiger partial charge < -0.3 is 5.32 Å². The van der Waals surface area contributed by atoms with Gasteiger partial charge >= 0.3 is 0 Å². The van der Waals surface area contributed by atoms with Gasteiger partial charge in [0.25, 0.3) is 0 Å².